The van der Waals surface area contributed by atoms with Crippen molar-refractivity contribution in [3.63, 3.8) is 0 Å². The monoisotopic (exact) mass is 526 g/mol. The highest BCUT2D eigenvalue weighted by Gasteiger charge is 2.70. The van der Waals surface area contributed by atoms with Crippen LogP contribution < -0.4 is 0 Å². The van der Waals surface area contributed by atoms with Gasteiger partial charge in [0.2, 0.25) is 0 Å². The van der Waals surface area contributed by atoms with Crippen molar-refractivity contribution in [2.24, 2.45) is 56.2 Å². The van der Waals surface area contributed by atoms with Crippen molar-refractivity contribution in [1.29, 1.82) is 0 Å². The van der Waals surface area contributed by atoms with E-state index in [2.05, 4.69) is 68.4 Å². The number of hydrogen-bond acceptors (Lipinski definition) is 4. The van der Waals surface area contributed by atoms with Crippen molar-refractivity contribution in [2.75, 3.05) is 6.61 Å². The van der Waals surface area contributed by atoms with E-state index in [0.717, 1.165) is 57.8 Å². The van der Waals surface area contributed by atoms with Crippen LogP contribution in [0.3, 0.4) is 0 Å². The van der Waals surface area contributed by atoms with E-state index in [0.29, 0.717) is 24.2 Å². The van der Waals surface area contributed by atoms with Gasteiger partial charge < -0.3 is 9.84 Å². The molecule has 1 N–H and O–H groups in total. The number of carbonyl (C=O) groups excluding carboxylic acids is 2. The first-order valence-corrected chi connectivity index (χ1v) is 15.6. The Morgan fingerprint density at radius 2 is 1.63 bits per heavy atom. The van der Waals surface area contributed by atoms with Gasteiger partial charge in [0.15, 0.2) is 5.78 Å². The number of ketones is 1. The molecule has 9 atom stereocenters. The molecule has 4 nitrogen and oxygen atoms in total. The second kappa shape index (κ2) is 8.67. The fourth-order valence-electron chi connectivity index (χ4n) is 10.8. The fourth-order valence-corrected chi connectivity index (χ4v) is 10.8. The molecule has 0 radical (unpaired) electrons. The van der Waals surface area contributed by atoms with Gasteiger partial charge in [0, 0.05) is 5.92 Å². The molecule has 214 valence electrons. The minimum absolute atomic E-state index is 0.00962. The van der Waals surface area contributed by atoms with E-state index in [1.165, 1.54) is 5.57 Å². The summed E-state index contributed by atoms with van der Waals surface area (Å²) >= 11 is 0. The topological polar surface area (TPSA) is 63.6 Å². The Morgan fingerprint density at radius 3 is 2.29 bits per heavy atom. The summed E-state index contributed by atoms with van der Waals surface area (Å²) in [5.74, 6) is 1.17. The van der Waals surface area contributed by atoms with Crippen molar-refractivity contribution in [2.45, 2.75) is 126 Å². The van der Waals surface area contributed by atoms with Crippen LogP contribution >= 0.6 is 0 Å². The number of allylic oxidation sites excluding steroid dienone is 2. The molecule has 1 unspecified atom stereocenters. The SMILES string of the molecule is CC(C)COC(=O)[C@@]1(C)CCC2(C)CC[C@]3(C)C(=CC(=O)[C@@H]4[C@@]5(C)CC[C@H](O)C(C)(C)[C@@H]5CC[C@]43C)[C@H]2C1. The standard InChI is InChI=1S/C34H54O4/c1-21(2)20-38-28(37)31(6)15-14-30(5)16-17-33(8)22(23(30)19-31)18-24(35)27-32(7)12-11-26(36)29(3,4)25(32)10-13-34(27,33)9/h18,21,23,25-27,36H,10-17,19-20H2,1-9H3/t23-,25+,26+,27-,30?,31+,32+,33-,34-/m1/s1. The third-order valence-electron chi connectivity index (χ3n) is 13.6. The summed E-state index contributed by atoms with van der Waals surface area (Å²) < 4.78 is 5.80. The maximum atomic E-state index is 14.4. The van der Waals surface area contributed by atoms with Gasteiger partial charge in [-0.1, -0.05) is 61.0 Å². The molecule has 0 aromatic rings. The third kappa shape index (κ3) is 3.70. The van der Waals surface area contributed by atoms with Crippen molar-refractivity contribution < 1.29 is 19.4 Å². The second-order valence-corrected chi connectivity index (χ2v) is 16.6. The second-order valence-electron chi connectivity index (χ2n) is 16.6. The van der Waals surface area contributed by atoms with Gasteiger partial charge in [-0.25, -0.2) is 0 Å². The zero-order valence-corrected chi connectivity index (χ0v) is 25.7. The van der Waals surface area contributed by atoms with Gasteiger partial charge in [0.25, 0.3) is 0 Å². The van der Waals surface area contributed by atoms with E-state index in [4.69, 9.17) is 4.74 Å². The number of esters is 1. The summed E-state index contributed by atoms with van der Waals surface area (Å²) in [6.45, 7) is 20.9. The predicted octanol–water partition coefficient (Wildman–Crippen LogP) is 7.53. The van der Waals surface area contributed by atoms with Crippen LogP contribution in [0.4, 0.5) is 0 Å². The van der Waals surface area contributed by atoms with Crippen LogP contribution in [-0.2, 0) is 14.3 Å². The number of aliphatic hydroxyl groups excluding tert-OH is 1. The molecule has 4 fully saturated rings. The van der Waals surface area contributed by atoms with Crippen molar-refractivity contribution >= 4 is 11.8 Å². The molecule has 0 aliphatic heterocycles. The number of rotatable bonds is 3. The van der Waals surface area contributed by atoms with E-state index >= 15 is 0 Å². The van der Waals surface area contributed by atoms with Gasteiger partial charge in [-0.15, -0.1) is 0 Å². The minimum atomic E-state index is -0.494. The minimum Gasteiger partial charge on any atom is -0.465 e. The van der Waals surface area contributed by atoms with Crippen LogP contribution in [0.5, 0.6) is 0 Å². The Hall–Kier alpha value is -1.16. The lowest BCUT2D eigenvalue weighted by Crippen LogP contribution is -2.66. The average Bonchev–Trinajstić information content (AvgIpc) is 2.82. The molecule has 0 saturated heterocycles. The fraction of sp³-hybridized carbons (Fsp3) is 0.882. The first kappa shape index (κ1) is 28.4. The molecular formula is C34H54O4. The Balaban J connectivity index is 1.54. The Labute approximate surface area is 231 Å². The van der Waals surface area contributed by atoms with Crippen molar-refractivity contribution in [1.82, 2.24) is 0 Å². The van der Waals surface area contributed by atoms with E-state index < -0.39 is 5.41 Å². The molecular weight excluding hydrogens is 472 g/mol. The third-order valence-corrected chi connectivity index (χ3v) is 13.6. The first-order chi connectivity index (χ1) is 17.4. The van der Waals surface area contributed by atoms with Gasteiger partial charge in [-0.05, 0) is 116 Å². The summed E-state index contributed by atoms with van der Waals surface area (Å²) in [4.78, 5) is 27.8. The van der Waals surface area contributed by atoms with E-state index in [-0.39, 0.29) is 51.0 Å². The van der Waals surface area contributed by atoms with Crippen LogP contribution in [0.1, 0.15) is 120 Å². The highest BCUT2D eigenvalue weighted by atomic mass is 16.5. The van der Waals surface area contributed by atoms with Crippen LogP contribution in [0, 0.1) is 56.2 Å². The quantitative estimate of drug-likeness (QED) is 0.386. The lowest BCUT2D eigenvalue weighted by atomic mass is 9.33. The summed E-state index contributed by atoms with van der Waals surface area (Å²) in [5.41, 5.74) is 0.549. The number of ether oxygens (including phenoxy) is 1. The molecule has 0 aromatic heterocycles. The number of carbonyl (C=O) groups is 2. The van der Waals surface area contributed by atoms with E-state index in [1.54, 1.807) is 0 Å². The maximum absolute atomic E-state index is 14.4. The molecule has 0 amide bonds. The molecule has 0 aromatic carbocycles. The number of hydrogen-bond donors (Lipinski definition) is 1. The van der Waals surface area contributed by atoms with Crippen LogP contribution in [0.2, 0.25) is 0 Å². The molecule has 4 heteroatoms. The molecule has 0 bridgehead atoms. The Kier molecular flexibility index (Phi) is 6.47. The van der Waals surface area contributed by atoms with Crippen molar-refractivity contribution in [3.05, 3.63) is 11.6 Å². The number of aliphatic hydroxyl groups is 1. The van der Waals surface area contributed by atoms with Gasteiger partial charge >= 0.3 is 5.97 Å². The highest BCUT2D eigenvalue weighted by Crippen LogP contribution is 2.75. The lowest BCUT2D eigenvalue weighted by Gasteiger charge is -2.70. The summed E-state index contributed by atoms with van der Waals surface area (Å²) in [5, 5.41) is 10.9. The molecule has 4 saturated carbocycles. The predicted molar refractivity (Wildman–Crippen MR) is 151 cm³/mol. The van der Waals surface area contributed by atoms with Crippen LogP contribution in [-0.4, -0.2) is 29.6 Å². The molecule has 5 aliphatic rings. The summed E-state index contributed by atoms with van der Waals surface area (Å²) in [6, 6.07) is 0. The van der Waals surface area contributed by atoms with E-state index in [9.17, 15) is 14.7 Å². The van der Waals surface area contributed by atoms with E-state index in [1.807, 2.05) is 0 Å². The number of fused-ring (bicyclic) bond motifs is 7. The summed E-state index contributed by atoms with van der Waals surface area (Å²) in [6.07, 6.45) is 10.5. The summed E-state index contributed by atoms with van der Waals surface area (Å²) in [7, 11) is 0. The largest absolute Gasteiger partial charge is 0.465 e. The molecule has 0 spiro atoms. The Morgan fingerprint density at radius 1 is 0.974 bits per heavy atom. The lowest BCUT2D eigenvalue weighted by molar-refractivity contribution is -0.202. The van der Waals surface area contributed by atoms with Gasteiger partial charge in [0.05, 0.1) is 18.1 Å². The zero-order chi connectivity index (χ0) is 28.1. The Bertz CT molecular complexity index is 1040. The van der Waals surface area contributed by atoms with Crippen LogP contribution in [0.25, 0.3) is 0 Å². The van der Waals surface area contributed by atoms with Crippen molar-refractivity contribution in [3.8, 4) is 0 Å². The van der Waals surface area contributed by atoms with Gasteiger partial charge in [0.1, 0.15) is 0 Å². The maximum Gasteiger partial charge on any atom is 0.311 e. The highest BCUT2D eigenvalue weighted by molar-refractivity contribution is 5.95. The molecule has 0 heterocycles. The zero-order valence-electron chi connectivity index (χ0n) is 25.7. The average molecular weight is 527 g/mol. The molecule has 38 heavy (non-hydrogen) atoms. The molecule has 5 aliphatic carbocycles. The normalized spacial score (nSPS) is 49.8. The van der Waals surface area contributed by atoms with Gasteiger partial charge in [-0.3, -0.25) is 9.59 Å². The van der Waals surface area contributed by atoms with Gasteiger partial charge in [-0.2, -0.15) is 0 Å². The smallest absolute Gasteiger partial charge is 0.311 e. The molecule has 5 rings (SSSR count). The van der Waals surface area contributed by atoms with Crippen LogP contribution in [0.15, 0.2) is 11.6 Å². The first-order valence-electron chi connectivity index (χ1n) is 15.6.